The maximum absolute atomic E-state index is 13.9. The van der Waals surface area contributed by atoms with E-state index in [1.165, 1.54) is 38.7 Å². The van der Waals surface area contributed by atoms with Crippen molar-refractivity contribution in [3.05, 3.63) is 47.8 Å². The molecule has 7 nitrogen and oxygen atoms in total. The molecule has 0 bridgehead atoms. The summed E-state index contributed by atoms with van der Waals surface area (Å²) in [6, 6.07) is 4.51. The maximum Gasteiger partial charge on any atom is 0.424 e. The Morgan fingerprint density at radius 1 is 1.34 bits per heavy atom. The number of methoxy groups -OCH3 is 1. The highest BCUT2D eigenvalue weighted by atomic mass is 127. The third kappa shape index (κ3) is 6.47. The fourth-order valence-electron chi connectivity index (χ4n) is 3.09. The summed E-state index contributed by atoms with van der Waals surface area (Å²) in [4.78, 5) is 9.55. The summed E-state index contributed by atoms with van der Waals surface area (Å²) in [5.41, 5.74) is -2.50. The first-order chi connectivity index (χ1) is 14.5. The lowest BCUT2D eigenvalue weighted by Crippen LogP contribution is -2.45. The van der Waals surface area contributed by atoms with Gasteiger partial charge in [0, 0.05) is 52.5 Å². The number of hydrogen-bond donors (Lipinski definition) is 2. The first-order valence-electron chi connectivity index (χ1n) is 9.62. The van der Waals surface area contributed by atoms with Gasteiger partial charge in [-0.15, -0.1) is 24.0 Å². The van der Waals surface area contributed by atoms with Crippen LogP contribution in [0.4, 0.5) is 17.6 Å². The molecule has 1 aromatic carbocycles. The number of benzene rings is 1. The third-order valence-corrected chi connectivity index (χ3v) is 4.73. The predicted octanol–water partition coefficient (Wildman–Crippen LogP) is 3.42. The van der Waals surface area contributed by atoms with Gasteiger partial charge in [0.2, 0.25) is 5.60 Å². The molecule has 0 radical (unpaired) electrons. The molecule has 180 valence electrons. The molecular formula is C20H28F4IN5O2. The minimum atomic E-state index is -4.92. The van der Waals surface area contributed by atoms with E-state index < -0.39 is 29.8 Å². The average molecular weight is 573 g/mol. The van der Waals surface area contributed by atoms with Crippen LogP contribution in [0.5, 0.6) is 5.75 Å². The minimum Gasteiger partial charge on any atom is -0.494 e. The van der Waals surface area contributed by atoms with Crippen LogP contribution in [0.25, 0.3) is 0 Å². The molecule has 0 saturated heterocycles. The van der Waals surface area contributed by atoms with Crippen LogP contribution in [0.1, 0.15) is 24.7 Å². The molecule has 2 rings (SSSR count). The summed E-state index contributed by atoms with van der Waals surface area (Å²) in [6.07, 6.45) is -3.10. The number of aliphatic hydroxyl groups is 1. The molecule has 1 heterocycles. The second kappa shape index (κ2) is 11.7. The van der Waals surface area contributed by atoms with Crippen molar-refractivity contribution >= 4 is 29.9 Å². The SMILES string of the molecule is CCNC(=NCCC(O)(c1nccn1C)C(F)(F)F)N(C)Cc1ccc(OC)c(F)c1.I. The first kappa shape index (κ1) is 27.9. The second-order valence-corrected chi connectivity index (χ2v) is 7.03. The van der Waals surface area contributed by atoms with Crippen LogP contribution in [-0.4, -0.2) is 58.9 Å². The molecule has 1 unspecified atom stereocenters. The summed E-state index contributed by atoms with van der Waals surface area (Å²) in [7, 11) is 4.43. The van der Waals surface area contributed by atoms with Crippen LogP contribution in [0.3, 0.4) is 0 Å². The zero-order valence-electron chi connectivity index (χ0n) is 18.3. The summed E-state index contributed by atoms with van der Waals surface area (Å²) >= 11 is 0. The molecule has 0 fully saturated rings. The molecule has 0 amide bonds. The van der Waals surface area contributed by atoms with Crippen LogP contribution in [0.15, 0.2) is 35.6 Å². The van der Waals surface area contributed by atoms with Crippen LogP contribution in [0, 0.1) is 5.82 Å². The number of alkyl halides is 3. The molecule has 0 aliphatic rings. The monoisotopic (exact) mass is 573 g/mol. The smallest absolute Gasteiger partial charge is 0.424 e. The number of aromatic nitrogens is 2. The van der Waals surface area contributed by atoms with Crippen molar-refractivity contribution in [3.8, 4) is 5.75 Å². The van der Waals surface area contributed by atoms with Gasteiger partial charge >= 0.3 is 6.18 Å². The van der Waals surface area contributed by atoms with Gasteiger partial charge in [0.1, 0.15) is 5.82 Å². The molecule has 1 aromatic heterocycles. The molecule has 0 aliphatic heterocycles. The van der Waals surface area contributed by atoms with E-state index in [0.29, 0.717) is 18.1 Å². The molecule has 12 heteroatoms. The summed E-state index contributed by atoms with van der Waals surface area (Å²) < 4.78 is 60.9. The average Bonchev–Trinajstić information content (AvgIpc) is 3.12. The third-order valence-electron chi connectivity index (χ3n) is 4.73. The number of guanidine groups is 1. The van der Waals surface area contributed by atoms with E-state index in [2.05, 4.69) is 15.3 Å². The Morgan fingerprint density at radius 3 is 2.53 bits per heavy atom. The topological polar surface area (TPSA) is 74.9 Å². The fourth-order valence-corrected chi connectivity index (χ4v) is 3.09. The van der Waals surface area contributed by atoms with E-state index >= 15 is 0 Å². The van der Waals surface area contributed by atoms with Crippen molar-refractivity contribution in [1.29, 1.82) is 0 Å². The van der Waals surface area contributed by atoms with Crippen molar-refractivity contribution in [1.82, 2.24) is 19.8 Å². The number of imidazole rings is 1. The molecule has 32 heavy (non-hydrogen) atoms. The zero-order valence-corrected chi connectivity index (χ0v) is 20.6. The highest BCUT2D eigenvalue weighted by Gasteiger charge is 2.57. The lowest BCUT2D eigenvalue weighted by atomic mass is 9.98. The van der Waals surface area contributed by atoms with Gasteiger partial charge in [-0.05, 0) is 24.6 Å². The Bertz CT molecular complexity index is 906. The molecular weight excluding hydrogens is 545 g/mol. The van der Waals surface area contributed by atoms with E-state index in [-0.39, 0.29) is 42.8 Å². The molecule has 2 aromatic rings. The van der Waals surface area contributed by atoms with Crippen molar-refractivity contribution in [2.24, 2.45) is 12.0 Å². The summed E-state index contributed by atoms with van der Waals surface area (Å²) in [5.74, 6) is -0.571. The van der Waals surface area contributed by atoms with Gasteiger partial charge in [0.05, 0.1) is 7.11 Å². The number of aliphatic imine (C=N–C) groups is 1. The van der Waals surface area contributed by atoms with Crippen LogP contribution in [0.2, 0.25) is 0 Å². The molecule has 2 N–H and O–H groups in total. The lowest BCUT2D eigenvalue weighted by molar-refractivity contribution is -0.272. The Balaban J connectivity index is 0.00000512. The number of halogens is 5. The van der Waals surface area contributed by atoms with Crippen LogP contribution >= 0.6 is 24.0 Å². The van der Waals surface area contributed by atoms with Crippen molar-refractivity contribution in [2.75, 3.05) is 27.2 Å². The fraction of sp³-hybridized carbons (Fsp3) is 0.500. The first-order valence-corrected chi connectivity index (χ1v) is 9.62. The van der Waals surface area contributed by atoms with Crippen LogP contribution < -0.4 is 10.1 Å². The quantitative estimate of drug-likeness (QED) is 0.219. The van der Waals surface area contributed by atoms with E-state index in [1.54, 1.807) is 18.0 Å². The number of rotatable bonds is 8. The van der Waals surface area contributed by atoms with E-state index in [9.17, 15) is 22.7 Å². The summed E-state index contributed by atoms with van der Waals surface area (Å²) in [6.45, 7) is 2.24. The normalized spacial score (nSPS) is 13.8. The number of nitrogens with one attached hydrogen (secondary N) is 1. The Labute approximate surface area is 201 Å². The Morgan fingerprint density at radius 2 is 2.03 bits per heavy atom. The van der Waals surface area contributed by atoms with E-state index in [4.69, 9.17) is 4.74 Å². The van der Waals surface area contributed by atoms with Gasteiger partial charge in [0.15, 0.2) is 17.5 Å². The second-order valence-electron chi connectivity index (χ2n) is 7.03. The van der Waals surface area contributed by atoms with Gasteiger partial charge in [-0.2, -0.15) is 13.2 Å². The number of hydrogen-bond acceptors (Lipinski definition) is 4. The lowest BCUT2D eigenvalue weighted by Gasteiger charge is -2.29. The molecule has 0 aliphatic carbocycles. The van der Waals surface area contributed by atoms with Gasteiger partial charge < -0.3 is 24.6 Å². The van der Waals surface area contributed by atoms with Crippen LogP contribution in [-0.2, 0) is 19.2 Å². The number of ether oxygens (including phenoxy) is 1. The number of aryl methyl sites for hydroxylation is 1. The Kier molecular flexibility index (Phi) is 10.2. The molecule has 0 saturated carbocycles. The minimum absolute atomic E-state index is 0. The predicted molar refractivity (Wildman–Crippen MR) is 124 cm³/mol. The highest BCUT2D eigenvalue weighted by molar-refractivity contribution is 14.0. The zero-order chi connectivity index (χ0) is 23.2. The standard InChI is InChI=1S/C20H27F4N5O2.HI/c1-5-25-18(29(3)13-14-6-7-16(31-4)15(21)12-14)27-9-8-19(30,20(22,23)24)17-26-10-11-28(17)2;/h6-7,10-12,30H,5,8-9,13H2,1-4H3,(H,25,27);1H. The largest absolute Gasteiger partial charge is 0.494 e. The molecule has 0 spiro atoms. The van der Waals surface area contributed by atoms with Gasteiger partial charge in [0.25, 0.3) is 0 Å². The number of nitrogens with zero attached hydrogens (tertiary/aromatic N) is 4. The summed E-state index contributed by atoms with van der Waals surface area (Å²) in [5, 5.41) is 13.4. The van der Waals surface area contributed by atoms with E-state index in [1.807, 2.05) is 6.92 Å². The van der Waals surface area contributed by atoms with Gasteiger partial charge in [-0.1, -0.05) is 6.07 Å². The van der Waals surface area contributed by atoms with E-state index in [0.717, 1.165) is 4.57 Å². The van der Waals surface area contributed by atoms with Crippen molar-refractivity contribution < 1.29 is 27.4 Å². The highest BCUT2D eigenvalue weighted by Crippen LogP contribution is 2.40. The van der Waals surface area contributed by atoms with Gasteiger partial charge in [-0.25, -0.2) is 9.37 Å². The van der Waals surface area contributed by atoms with Gasteiger partial charge in [-0.3, -0.25) is 4.99 Å². The van der Waals surface area contributed by atoms with Crippen molar-refractivity contribution in [3.63, 3.8) is 0 Å². The Hall–Kier alpha value is -2.09. The molecule has 1 atom stereocenters. The maximum atomic E-state index is 13.9. The van der Waals surface area contributed by atoms with Crippen molar-refractivity contribution in [2.45, 2.75) is 31.7 Å².